The largest absolute Gasteiger partial charge is 0.378 e. The average Bonchev–Trinajstić information content (AvgIpc) is 3.11. The highest BCUT2D eigenvalue weighted by molar-refractivity contribution is 6.28. The van der Waals surface area contributed by atoms with Crippen molar-refractivity contribution >= 4 is 34.6 Å². The van der Waals surface area contributed by atoms with Crippen molar-refractivity contribution in [1.29, 1.82) is 0 Å². The Morgan fingerprint density at radius 1 is 0.633 bits per heavy atom. The summed E-state index contributed by atoms with van der Waals surface area (Å²) in [5, 5.41) is 8.50. The lowest BCUT2D eigenvalue weighted by atomic mass is 10.1. The third kappa shape index (κ3) is 4.03. The number of benzene rings is 3. The molecule has 0 N–H and O–H groups in total. The van der Waals surface area contributed by atoms with Crippen LogP contribution in [-0.2, 0) is 9.59 Å². The third-order valence-electron chi connectivity index (χ3n) is 4.78. The van der Waals surface area contributed by atoms with Gasteiger partial charge in [0.1, 0.15) is 0 Å². The highest BCUT2D eigenvalue weighted by Crippen LogP contribution is 2.27. The minimum absolute atomic E-state index is 0.342. The number of carbonyl (C=O) groups is 2. The summed E-state index contributed by atoms with van der Waals surface area (Å²) in [5.41, 5.74) is 5.29. The maximum Gasteiger partial charge on any atom is 0.258 e. The number of anilines is 2. The molecule has 0 spiro atoms. The summed E-state index contributed by atoms with van der Waals surface area (Å²) >= 11 is 0. The Morgan fingerprint density at radius 2 is 1.07 bits per heavy atom. The molecule has 0 saturated heterocycles. The molecule has 2 amide bonds. The van der Waals surface area contributed by atoms with Crippen LogP contribution in [0.1, 0.15) is 0 Å². The van der Waals surface area contributed by atoms with Crippen molar-refractivity contribution in [2.45, 2.75) is 0 Å². The van der Waals surface area contributed by atoms with Crippen LogP contribution in [0.4, 0.5) is 22.7 Å². The lowest BCUT2D eigenvalue weighted by Gasteiger charge is -2.13. The first-order valence-corrected chi connectivity index (χ1v) is 9.47. The van der Waals surface area contributed by atoms with Gasteiger partial charge in [0.25, 0.3) is 11.8 Å². The van der Waals surface area contributed by atoms with E-state index in [1.165, 1.54) is 12.2 Å². The maximum atomic E-state index is 11.7. The Bertz CT molecular complexity index is 1110. The van der Waals surface area contributed by atoms with E-state index in [1.54, 1.807) is 24.3 Å². The van der Waals surface area contributed by atoms with Gasteiger partial charge in [-0.1, -0.05) is 24.3 Å². The predicted molar refractivity (Wildman–Crippen MR) is 118 cm³/mol. The number of azo groups is 1. The minimum Gasteiger partial charge on any atom is -0.378 e. The van der Waals surface area contributed by atoms with Crippen molar-refractivity contribution in [3.8, 4) is 11.1 Å². The molecule has 3 aromatic carbocycles. The average molecular weight is 396 g/mol. The molecule has 0 unspecified atom stereocenters. The highest BCUT2D eigenvalue weighted by atomic mass is 16.2. The molecule has 6 heteroatoms. The first-order valence-electron chi connectivity index (χ1n) is 9.47. The van der Waals surface area contributed by atoms with Gasteiger partial charge in [0.15, 0.2) is 0 Å². The predicted octanol–water partition coefficient (Wildman–Crippen LogP) is 5.26. The normalized spacial score (nSPS) is 13.5. The van der Waals surface area contributed by atoms with E-state index in [9.17, 15) is 9.59 Å². The Kier molecular flexibility index (Phi) is 5.22. The number of hydrogen-bond acceptors (Lipinski definition) is 5. The van der Waals surface area contributed by atoms with E-state index < -0.39 is 0 Å². The zero-order valence-corrected chi connectivity index (χ0v) is 16.7. The topological polar surface area (TPSA) is 65.3 Å². The smallest absolute Gasteiger partial charge is 0.258 e. The van der Waals surface area contributed by atoms with Crippen LogP contribution in [0.15, 0.2) is 95.2 Å². The zero-order valence-electron chi connectivity index (χ0n) is 16.7. The highest BCUT2D eigenvalue weighted by Gasteiger charge is 2.24. The number of imide groups is 1. The molecule has 0 radical (unpaired) electrons. The second-order valence-corrected chi connectivity index (χ2v) is 7.05. The van der Waals surface area contributed by atoms with E-state index in [-0.39, 0.29) is 11.8 Å². The molecule has 0 atom stereocenters. The minimum atomic E-state index is -0.342. The van der Waals surface area contributed by atoms with Crippen LogP contribution < -0.4 is 9.80 Å². The van der Waals surface area contributed by atoms with Gasteiger partial charge in [-0.25, -0.2) is 4.90 Å². The molecule has 30 heavy (non-hydrogen) atoms. The molecule has 4 rings (SSSR count). The van der Waals surface area contributed by atoms with Crippen LogP contribution >= 0.6 is 0 Å². The van der Waals surface area contributed by atoms with Crippen LogP contribution in [0.2, 0.25) is 0 Å². The Morgan fingerprint density at radius 3 is 1.53 bits per heavy atom. The van der Waals surface area contributed by atoms with Crippen LogP contribution in [0.25, 0.3) is 11.1 Å². The van der Waals surface area contributed by atoms with Crippen LogP contribution in [0.3, 0.4) is 0 Å². The number of rotatable bonds is 5. The van der Waals surface area contributed by atoms with E-state index in [1.807, 2.05) is 38.4 Å². The van der Waals surface area contributed by atoms with E-state index in [0.717, 1.165) is 27.4 Å². The van der Waals surface area contributed by atoms with E-state index in [0.29, 0.717) is 11.4 Å². The Labute approximate surface area is 174 Å². The van der Waals surface area contributed by atoms with Crippen LogP contribution in [0, 0.1) is 0 Å². The summed E-state index contributed by atoms with van der Waals surface area (Å²) in [6.45, 7) is 0. The summed E-state index contributed by atoms with van der Waals surface area (Å²) in [6.07, 6.45) is 2.52. The molecule has 6 nitrogen and oxygen atoms in total. The lowest BCUT2D eigenvalue weighted by molar-refractivity contribution is -0.119. The van der Waals surface area contributed by atoms with Gasteiger partial charge in [-0.3, -0.25) is 9.59 Å². The molecule has 0 fully saturated rings. The summed E-state index contributed by atoms with van der Waals surface area (Å²) < 4.78 is 0. The fourth-order valence-electron chi connectivity index (χ4n) is 3.11. The van der Waals surface area contributed by atoms with Crippen LogP contribution in [-0.4, -0.2) is 25.9 Å². The summed E-state index contributed by atoms with van der Waals surface area (Å²) in [7, 11) is 4.04. The van der Waals surface area contributed by atoms with E-state index in [4.69, 9.17) is 0 Å². The monoisotopic (exact) mass is 396 g/mol. The molecule has 1 aliphatic heterocycles. The zero-order chi connectivity index (χ0) is 21.1. The van der Waals surface area contributed by atoms with Crippen molar-refractivity contribution in [3.63, 3.8) is 0 Å². The third-order valence-corrected chi connectivity index (χ3v) is 4.78. The second-order valence-electron chi connectivity index (χ2n) is 7.05. The molecule has 3 aromatic rings. The molecular formula is C24H20N4O2. The van der Waals surface area contributed by atoms with Crippen molar-refractivity contribution < 1.29 is 9.59 Å². The number of amides is 2. The van der Waals surface area contributed by atoms with E-state index in [2.05, 4.69) is 39.4 Å². The molecule has 0 bridgehead atoms. The Hall–Kier alpha value is -4.06. The first-order chi connectivity index (χ1) is 14.5. The number of hydrogen-bond donors (Lipinski definition) is 0. The maximum absolute atomic E-state index is 11.7. The van der Waals surface area contributed by atoms with Gasteiger partial charge >= 0.3 is 0 Å². The summed E-state index contributed by atoms with van der Waals surface area (Å²) in [6, 6.07) is 23.0. The van der Waals surface area contributed by atoms with E-state index >= 15 is 0 Å². The van der Waals surface area contributed by atoms with Gasteiger partial charge in [-0.15, -0.1) is 0 Å². The van der Waals surface area contributed by atoms with Crippen molar-refractivity contribution in [1.82, 2.24) is 0 Å². The fourth-order valence-corrected chi connectivity index (χ4v) is 3.11. The van der Waals surface area contributed by atoms with Gasteiger partial charge in [0.05, 0.1) is 17.1 Å². The van der Waals surface area contributed by atoms with Crippen molar-refractivity contribution in [2.24, 2.45) is 10.2 Å². The lowest BCUT2D eigenvalue weighted by Crippen LogP contribution is -2.29. The molecule has 1 aliphatic rings. The van der Waals surface area contributed by atoms with Crippen molar-refractivity contribution in [2.75, 3.05) is 23.9 Å². The molecular weight excluding hydrogens is 376 g/mol. The Balaban J connectivity index is 1.44. The van der Waals surface area contributed by atoms with Gasteiger partial charge < -0.3 is 4.90 Å². The molecule has 1 heterocycles. The molecule has 0 aliphatic carbocycles. The first kappa shape index (κ1) is 19.3. The van der Waals surface area contributed by atoms with Gasteiger partial charge in [-0.2, -0.15) is 10.2 Å². The fraction of sp³-hybridized carbons (Fsp3) is 0.0833. The molecule has 0 saturated carbocycles. The standard InChI is InChI=1S/C24H20N4O2/c1-27(2)21-11-5-18(6-12-21)17-3-7-19(8-4-17)25-26-20-9-13-22(14-10-20)28-23(29)15-16-24(28)30/h3-16H,1-2H3. The second kappa shape index (κ2) is 8.13. The summed E-state index contributed by atoms with van der Waals surface area (Å²) in [4.78, 5) is 26.6. The molecule has 0 aromatic heterocycles. The number of carbonyl (C=O) groups excluding carboxylic acids is 2. The van der Waals surface area contributed by atoms with Gasteiger partial charge in [0, 0.05) is 31.9 Å². The number of nitrogens with zero attached hydrogens (tertiary/aromatic N) is 4. The molecule has 148 valence electrons. The van der Waals surface area contributed by atoms with Crippen LogP contribution in [0.5, 0.6) is 0 Å². The quantitative estimate of drug-likeness (QED) is 0.436. The SMILES string of the molecule is CN(C)c1ccc(-c2ccc(N=Nc3ccc(N4C(=O)C=CC4=O)cc3)cc2)cc1. The van der Waals surface area contributed by atoms with Gasteiger partial charge in [0.2, 0.25) is 0 Å². The summed E-state index contributed by atoms with van der Waals surface area (Å²) in [5.74, 6) is -0.684. The van der Waals surface area contributed by atoms with Gasteiger partial charge in [-0.05, 0) is 59.7 Å². The van der Waals surface area contributed by atoms with Crippen molar-refractivity contribution in [3.05, 3.63) is 84.9 Å².